The lowest BCUT2D eigenvalue weighted by atomic mass is 9.90. The van der Waals surface area contributed by atoms with E-state index >= 15 is 0 Å². The summed E-state index contributed by atoms with van der Waals surface area (Å²) in [6.45, 7) is 8.53. The van der Waals surface area contributed by atoms with Crippen LogP contribution < -0.4 is 5.32 Å². The molecule has 0 aromatic carbocycles. The lowest BCUT2D eigenvalue weighted by Gasteiger charge is -2.40. The maximum atomic E-state index is 9.22. The largest absolute Gasteiger partial charge is 0.396 e. The topological polar surface area (TPSA) is 35.5 Å². The minimum atomic E-state index is 0.344. The fourth-order valence-electron chi connectivity index (χ4n) is 3.91. The molecule has 1 saturated heterocycles. The third-order valence-electron chi connectivity index (χ3n) is 4.60. The van der Waals surface area contributed by atoms with Gasteiger partial charge in [0.15, 0.2) is 0 Å². The van der Waals surface area contributed by atoms with Gasteiger partial charge in [-0.3, -0.25) is 0 Å². The van der Waals surface area contributed by atoms with Gasteiger partial charge in [-0.25, -0.2) is 0 Å². The Balaban J connectivity index is 1.85. The summed E-state index contributed by atoms with van der Waals surface area (Å²) < 4.78 is 0. The average Bonchev–Trinajstić information content (AvgIpc) is 2.81. The molecule has 2 unspecified atom stereocenters. The Morgan fingerprint density at radius 2 is 1.89 bits per heavy atom. The smallest absolute Gasteiger partial charge is 0.0434 e. The summed E-state index contributed by atoms with van der Waals surface area (Å²) in [6, 6.07) is 1.41. The van der Waals surface area contributed by atoms with E-state index in [0.717, 1.165) is 18.4 Å². The van der Waals surface area contributed by atoms with Crippen LogP contribution in [0.5, 0.6) is 0 Å². The molecule has 1 aliphatic carbocycles. The highest BCUT2D eigenvalue weighted by Gasteiger charge is 2.29. The van der Waals surface area contributed by atoms with Crippen LogP contribution >= 0.6 is 0 Å². The molecule has 3 nitrogen and oxygen atoms in total. The third kappa shape index (κ3) is 5.05. The number of piperidine rings is 1. The maximum Gasteiger partial charge on any atom is 0.0434 e. The first kappa shape index (κ1) is 15.3. The molecule has 2 atom stereocenters. The van der Waals surface area contributed by atoms with Crippen LogP contribution in [-0.2, 0) is 0 Å². The lowest BCUT2D eigenvalue weighted by molar-refractivity contribution is 0.107. The van der Waals surface area contributed by atoms with Gasteiger partial charge in [0, 0.05) is 38.3 Å². The second kappa shape index (κ2) is 7.61. The molecule has 3 heteroatoms. The van der Waals surface area contributed by atoms with E-state index in [1.165, 1.54) is 51.7 Å². The zero-order chi connectivity index (χ0) is 13.7. The van der Waals surface area contributed by atoms with Crippen LogP contribution in [0.3, 0.4) is 0 Å². The highest BCUT2D eigenvalue weighted by molar-refractivity contribution is 4.87. The SMILES string of the molecule is CC(C)CN1CC(CCO)CC(NC2CCCC2)C1. The number of aliphatic hydroxyl groups is 1. The Hall–Kier alpha value is -0.120. The quantitative estimate of drug-likeness (QED) is 0.775. The van der Waals surface area contributed by atoms with Crippen molar-refractivity contribution in [3.8, 4) is 0 Å². The number of nitrogens with zero attached hydrogens (tertiary/aromatic N) is 1. The first-order valence-electron chi connectivity index (χ1n) is 8.26. The van der Waals surface area contributed by atoms with Crippen molar-refractivity contribution < 1.29 is 5.11 Å². The monoisotopic (exact) mass is 268 g/mol. The van der Waals surface area contributed by atoms with E-state index in [9.17, 15) is 5.11 Å². The van der Waals surface area contributed by atoms with Gasteiger partial charge >= 0.3 is 0 Å². The molecule has 19 heavy (non-hydrogen) atoms. The summed E-state index contributed by atoms with van der Waals surface area (Å²) in [5.74, 6) is 1.41. The van der Waals surface area contributed by atoms with Crippen molar-refractivity contribution in [1.29, 1.82) is 0 Å². The molecule has 2 aliphatic rings. The van der Waals surface area contributed by atoms with Crippen molar-refractivity contribution in [2.75, 3.05) is 26.2 Å². The summed E-state index contributed by atoms with van der Waals surface area (Å²) in [5, 5.41) is 13.1. The molecule has 0 bridgehead atoms. The Kier molecular flexibility index (Phi) is 6.11. The summed E-state index contributed by atoms with van der Waals surface area (Å²) >= 11 is 0. The molecule has 0 radical (unpaired) electrons. The molecule has 0 amide bonds. The second-order valence-corrected chi connectivity index (χ2v) is 7.07. The number of nitrogens with one attached hydrogen (secondary N) is 1. The number of hydrogen-bond acceptors (Lipinski definition) is 3. The van der Waals surface area contributed by atoms with Gasteiger partial charge in [0.2, 0.25) is 0 Å². The van der Waals surface area contributed by atoms with Crippen LogP contribution in [0.2, 0.25) is 0 Å². The Bertz CT molecular complexity index is 251. The maximum absolute atomic E-state index is 9.22. The molecule has 1 aliphatic heterocycles. The van der Waals surface area contributed by atoms with Gasteiger partial charge in [-0.15, -0.1) is 0 Å². The summed E-state index contributed by atoms with van der Waals surface area (Å²) in [5.41, 5.74) is 0. The molecule has 2 rings (SSSR count). The fraction of sp³-hybridized carbons (Fsp3) is 1.00. The fourth-order valence-corrected chi connectivity index (χ4v) is 3.91. The molecule has 2 fully saturated rings. The normalized spacial score (nSPS) is 30.3. The zero-order valence-corrected chi connectivity index (χ0v) is 12.8. The predicted octanol–water partition coefficient (Wildman–Crippen LogP) is 2.25. The Morgan fingerprint density at radius 1 is 1.16 bits per heavy atom. The van der Waals surface area contributed by atoms with Crippen LogP contribution in [0.15, 0.2) is 0 Å². The van der Waals surface area contributed by atoms with Crippen molar-refractivity contribution in [2.24, 2.45) is 11.8 Å². The van der Waals surface area contributed by atoms with Crippen molar-refractivity contribution in [2.45, 2.75) is 64.5 Å². The van der Waals surface area contributed by atoms with Crippen molar-refractivity contribution in [1.82, 2.24) is 10.2 Å². The van der Waals surface area contributed by atoms with Crippen LogP contribution in [0.1, 0.15) is 52.4 Å². The van der Waals surface area contributed by atoms with Crippen LogP contribution in [0.25, 0.3) is 0 Å². The molecular weight excluding hydrogens is 236 g/mol. The van der Waals surface area contributed by atoms with E-state index in [1.54, 1.807) is 0 Å². The molecule has 0 spiro atoms. The van der Waals surface area contributed by atoms with Gasteiger partial charge in [-0.1, -0.05) is 26.7 Å². The molecule has 0 aromatic rings. The van der Waals surface area contributed by atoms with Gasteiger partial charge in [-0.05, 0) is 37.5 Å². The average molecular weight is 268 g/mol. The molecule has 0 aromatic heterocycles. The molecule has 1 saturated carbocycles. The van der Waals surface area contributed by atoms with Crippen LogP contribution in [0, 0.1) is 11.8 Å². The van der Waals surface area contributed by atoms with E-state index in [-0.39, 0.29) is 0 Å². The summed E-state index contributed by atoms with van der Waals surface area (Å²) in [4.78, 5) is 2.61. The van der Waals surface area contributed by atoms with Crippen molar-refractivity contribution in [3.63, 3.8) is 0 Å². The van der Waals surface area contributed by atoms with Gasteiger partial charge in [0.25, 0.3) is 0 Å². The summed E-state index contributed by atoms with van der Waals surface area (Å²) in [7, 11) is 0. The molecular formula is C16H32N2O. The van der Waals surface area contributed by atoms with Gasteiger partial charge in [0.05, 0.1) is 0 Å². The van der Waals surface area contributed by atoms with E-state index in [4.69, 9.17) is 0 Å². The van der Waals surface area contributed by atoms with Gasteiger partial charge in [-0.2, -0.15) is 0 Å². The van der Waals surface area contributed by atoms with Crippen LogP contribution in [-0.4, -0.2) is 48.3 Å². The highest BCUT2D eigenvalue weighted by atomic mass is 16.3. The molecule has 1 heterocycles. The van der Waals surface area contributed by atoms with E-state index in [2.05, 4.69) is 24.1 Å². The third-order valence-corrected chi connectivity index (χ3v) is 4.60. The Labute approximate surface area is 118 Å². The van der Waals surface area contributed by atoms with E-state index < -0.39 is 0 Å². The predicted molar refractivity (Wildman–Crippen MR) is 80.3 cm³/mol. The van der Waals surface area contributed by atoms with Gasteiger partial charge in [0.1, 0.15) is 0 Å². The van der Waals surface area contributed by atoms with Gasteiger partial charge < -0.3 is 15.3 Å². The molecule has 112 valence electrons. The first-order chi connectivity index (χ1) is 9.17. The molecule has 2 N–H and O–H groups in total. The van der Waals surface area contributed by atoms with E-state index in [1.807, 2.05) is 0 Å². The first-order valence-corrected chi connectivity index (χ1v) is 8.26. The minimum absolute atomic E-state index is 0.344. The van der Waals surface area contributed by atoms with Crippen molar-refractivity contribution in [3.05, 3.63) is 0 Å². The number of rotatable bonds is 6. The lowest BCUT2D eigenvalue weighted by Crippen LogP contribution is -2.52. The second-order valence-electron chi connectivity index (χ2n) is 7.07. The standard InChI is InChI=1S/C16H32N2O/c1-13(2)10-18-11-14(7-8-19)9-16(12-18)17-15-5-3-4-6-15/h13-17,19H,3-12H2,1-2H3. The number of aliphatic hydroxyl groups excluding tert-OH is 1. The number of hydrogen-bond donors (Lipinski definition) is 2. The van der Waals surface area contributed by atoms with E-state index in [0.29, 0.717) is 18.6 Å². The highest BCUT2D eigenvalue weighted by Crippen LogP contribution is 2.24. The summed E-state index contributed by atoms with van der Waals surface area (Å²) in [6.07, 6.45) is 7.76. The zero-order valence-electron chi connectivity index (χ0n) is 12.8. The minimum Gasteiger partial charge on any atom is -0.396 e. The Morgan fingerprint density at radius 3 is 2.53 bits per heavy atom. The van der Waals surface area contributed by atoms with Crippen LogP contribution in [0.4, 0.5) is 0 Å². The number of likely N-dealkylation sites (tertiary alicyclic amines) is 1. The van der Waals surface area contributed by atoms with Crippen molar-refractivity contribution >= 4 is 0 Å².